The molecule has 1 amide bonds. The Hall–Kier alpha value is -3.96. The number of nitriles is 1. The van der Waals surface area contributed by atoms with Gasteiger partial charge < -0.3 is 14.4 Å². The Labute approximate surface area is 204 Å². The molecule has 2 aromatic heterocycles. The summed E-state index contributed by atoms with van der Waals surface area (Å²) in [6.07, 6.45) is 2.88. The van der Waals surface area contributed by atoms with Gasteiger partial charge in [0.15, 0.2) is 0 Å². The van der Waals surface area contributed by atoms with Gasteiger partial charge in [-0.1, -0.05) is 39.0 Å². The molecule has 0 bridgehead atoms. The molecule has 3 heterocycles. The molecule has 1 aliphatic heterocycles. The maximum absolute atomic E-state index is 13.5. The second kappa shape index (κ2) is 9.72. The van der Waals surface area contributed by atoms with Crippen LogP contribution in [0, 0.1) is 18.3 Å². The minimum atomic E-state index is -0.454. The molecular formula is C27H28N4O4. The summed E-state index contributed by atoms with van der Waals surface area (Å²) in [7, 11) is 0. The van der Waals surface area contributed by atoms with Crippen molar-refractivity contribution >= 4 is 17.6 Å². The molecule has 4 rings (SSSR count). The van der Waals surface area contributed by atoms with Gasteiger partial charge in [-0.25, -0.2) is 0 Å². The summed E-state index contributed by atoms with van der Waals surface area (Å²) in [5, 5.41) is 9.76. The summed E-state index contributed by atoms with van der Waals surface area (Å²) in [4.78, 5) is 32.6. The smallest absolute Gasteiger partial charge is 0.269 e. The highest BCUT2D eigenvalue weighted by Crippen LogP contribution is 2.28. The van der Waals surface area contributed by atoms with Gasteiger partial charge in [0, 0.05) is 19.3 Å². The number of ether oxygens (including phenoxy) is 2. The van der Waals surface area contributed by atoms with E-state index in [0.29, 0.717) is 37.7 Å². The number of hydrogen-bond acceptors (Lipinski definition) is 6. The Morgan fingerprint density at radius 2 is 1.86 bits per heavy atom. The van der Waals surface area contributed by atoms with Gasteiger partial charge in [-0.15, -0.1) is 0 Å². The van der Waals surface area contributed by atoms with Crippen LogP contribution in [0.5, 0.6) is 11.6 Å². The average Bonchev–Trinajstić information content (AvgIpc) is 2.84. The third-order valence-corrected chi connectivity index (χ3v) is 5.92. The summed E-state index contributed by atoms with van der Waals surface area (Å²) < 4.78 is 12.8. The highest BCUT2D eigenvalue weighted by Gasteiger charge is 2.23. The normalized spacial score (nSPS) is 14.6. The van der Waals surface area contributed by atoms with Crippen molar-refractivity contribution in [2.24, 2.45) is 0 Å². The van der Waals surface area contributed by atoms with Crippen molar-refractivity contribution in [3.63, 3.8) is 0 Å². The lowest BCUT2D eigenvalue weighted by Gasteiger charge is -2.26. The maximum Gasteiger partial charge on any atom is 0.269 e. The minimum absolute atomic E-state index is 0.0227. The Morgan fingerprint density at radius 1 is 1.17 bits per heavy atom. The van der Waals surface area contributed by atoms with Crippen molar-refractivity contribution in [2.75, 3.05) is 26.3 Å². The fourth-order valence-electron chi connectivity index (χ4n) is 3.85. The molecule has 1 aliphatic rings. The molecule has 35 heavy (non-hydrogen) atoms. The fraction of sp³-hybridized carbons (Fsp3) is 0.333. The van der Waals surface area contributed by atoms with Gasteiger partial charge in [0.25, 0.3) is 11.5 Å². The van der Waals surface area contributed by atoms with Crippen LogP contribution >= 0.6 is 0 Å². The first-order chi connectivity index (χ1) is 16.7. The molecule has 0 N–H and O–H groups in total. The first kappa shape index (κ1) is 24.2. The quantitative estimate of drug-likeness (QED) is 0.423. The number of morpholine rings is 1. The SMILES string of the molecule is Cc1cccn2c(=O)c(/C=C(\C#N)C(=O)N3CCOCC3)c(Oc3ccc(C(C)(C)C)cc3)nc12. The average molecular weight is 473 g/mol. The van der Waals surface area contributed by atoms with E-state index in [1.165, 1.54) is 10.5 Å². The molecule has 0 saturated carbocycles. The van der Waals surface area contributed by atoms with Gasteiger partial charge in [-0.3, -0.25) is 14.0 Å². The molecule has 3 aromatic rings. The minimum Gasteiger partial charge on any atom is -0.438 e. The zero-order chi connectivity index (χ0) is 25.2. The fourth-order valence-corrected chi connectivity index (χ4v) is 3.85. The highest BCUT2D eigenvalue weighted by atomic mass is 16.5. The van der Waals surface area contributed by atoms with E-state index in [1.807, 2.05) is 43.3 Å². The van der Waals surface area contributed by atoms with Crippen molar-refractivity contribution in [1.82, 2.24) is 14.3 Å². The summed E-state index contributed by atoms with van der Waals surface area (Å²) in [6.45, 7) is 9.79. The van der Waals surface area contributed by atoms with Gasteiger partial charge in [0.05, 0.1) is 13.2 Å². The van der Waals surface area contributed by atoms with Crippen molar-refractivity contribution in [2.45, 2.75) is 33.1 Å². The number of nitrogens with zero attached hydrogens (tertiary/aromatic N) is 4. The van der Waals surface area contributed by atoms with Crippen LogP contribution in [0.1, 0.15) is 37.5 Å². The molecule has 8 heteroatoms. The first-order valence-corrected chi connectivity index (χ1v) is 11.5. The van der Waals surface area contributed by atoms with Gasteiger partial charge in [0.2, 0.25) is 5.88 Å². The number of carbonyl (C=O) groups is 1. The maximum atomic E-state index is 13.5. The molecule has 180 valence electrons. The van der Waals surface area contributed by atoms with Crippen LogP contribution in [-0.2, 0) is 14.9 Å². The third-order valence-electron chi connectivity index (χ3n) is 5.92. The molecule has 0 unspecified atom stereocenters. The molecule has 0 atom stereocenters. The largest absolute Gasteiger partial charge is 0.438 e. The van der Waals surface area contributed by atoms with E-state index in [-0.39, 0.29) is 22.4 Å². The summed E-state index contributed by atoms with van der Waals surface area (Å²) in [5.41, 5.74) is 1.78. The van der Waals surface area contributed by atoms with E-state index in [9.17, 15) is 14.9 Å². The molecule has 1 aromatic carbocycles. The second-order valence-corrected chi connectivity index (χ2v) is 9.47. The van der Waals surface area contributed by atoms with Crippen molar-refractivity contribution in [1.29, 1.82) is 5.26 Å². The lowest BCUT2D eigenvalue weighted by molar-refractivity contribution is -0.130. The number of hydrogen-bond donors (Lipinski definition) is 0. The molecule has 1 fully saturated rings. The number of rotatable bonds is 4. The van der Waals surface area contributed by atoms with Crippen LogP contribution < -0.4 is 10.3 Å². The Kier molecular flexibility index (Phi) is 6.72. The lowest BCUT2D eigenvalue weighted by Crippen LogP contribution is -2.41. The molecule has 8 nitrogen and oxygen atoms in total. The van der Waals surface area contributed by atoms with Crippen LogP contribution in [-0.4, -0.2) is 46.5 Å². The van der Waals surface area contributed by atoms with Crippen LogP contribution in [0.25, 0.3) is 11.7 Å². The Balaban J connectivity index is 1.82. The molecule has 1 saturated heterocycles. The molecule has 0 spiro atoms. The van der Waals surface area contributed by atoms with Gasteiger partial charge >= 0.3 is 0 Å². The number of benzene rings is 1. The van der Waals surface area contributed by atoms with E-state index < -0.39 is 11.5 Å². The number of pyridine rings is 1. The van der Waals surface area contributed by atoms with Crippen LogP contribution in [0.15, 0.2) is 53.0 Å². The first-order valence-electron chi connectivity index (χ1n) is 11.5. The van der Waals surface area contributed by atoms with Crippen molar-refractivity contribution in [3.8, 4) is 17.7 Å². The topological polar surface area (TPSA) is 96.9 Å². The molecule has 0 radical (unpaired) electrons. The second-order valence-electron chi connectivity index (χ2n) is 9.47. The molecular weight excluding hydrogens is 444 g/mol. The number of carbonyl (C=O) groups excluding carboxylic acids is 1. The third kappa shape index (κ3) is 5.10. The van der Waals surface area contributed by atoms with Crippen LogP contribution in [0.4, 0.5) is 0 Å². The van der Waals surface area contributed by atoms with Gasteiger partial charge in [-0.2, -0.15) is 10.2 Å². The van der Waals surface area contributed by atoms with Crippen molar-refractivity contribution in [3.05, 3.63) is 75.2 Å². The summed E-state index contributed by atoms with van der Waals surface area (Å²) in [5.74, 6) is 0.0795. The van der Waals surface area contributed by atoms with Crippen LogP contribution in [0.3, 0.4) is 0 Å². The van der Waals surface area contributed by atoms with E-state index in [2.05, 4.69) is 25.8 Å². The Bertz CT molecular complexity index is 1390. The number of aromatic nitrogens is 2. The molecule has 0 aliphatic carbocycles. The monoisotopic (exact) mass is 472 g/mol. The summed E-state index contributed by atoms with van der Waals surface area (Å²) >= 11 is 0. The summed E-state index contributed by atoms with van der Waals surface area (Å²) in [6, 6.07) is 13.1. The van der Waals surface area contributed by atoms with Crippen LogP contribution in [0.2, 0.25) is 0 Å². The zero-order valence-corrected chi connectivity index (χ0v) is 20.4. The van der Waals surface area contributed by atoms with E-state index in [1.54, 1.807) is 17.2 Å². The predicted molar refractivity (Wildman–Crippen MR) is 132 cm³/mol. The van der Waals surface area contributed by atoms with Gasteiger partial charge in [-0.05, 0) is 47.7 Å². The number of aryl methyl sites for hydroxylation is 1. The van der Waals surface area contributed by atoms with E-state index in [4.69, 9.17) is 9.47 Å². The zero-order valence-electron chi connectivity index (χ0n) is 20.4. The predicted octanol–water partition coefficient (Wildman–Crippen LogP) is 3.86. The van der Waals surface area contributed by atoms with Crippen molar-refractivity contribution < 1.29 is 14.3 Å². The number of fused-ring (bicyclic) bond motifs is 1. The van der Waals surface area contributed by atoms with E-state index >= 15 is 0 Å². The highest BCUT2D eigenvalue weighted by molar-refractivity contribution is 6.02. The Morgan fingerprint density at radius 3 is 2.49 bits per heavy atom. The number of amides is 1. The standard InChI is InChI=1S/C27H28N4O4/c1-18-6-5-11-31-23(18)29-24(35-21-9-7-20(8-10-21)27(2,3)4)22(26(31)33)16-19(17-28)25(32)30-12-14-34-15-13-30/h5-11,16H,12-15H2,1-4H3/b19-16+. The lowest BCUT2D eigenvalue weighted by atomic mass is 9.87. The van der Waals surface area contributed by atoms with Gasteiger partial charge in [0.1, 0.15) is 28.6 Å². The van der Waals surface area contributed by atoms with E-state index in [0.717, 1.165) is 11.1 Å².